The van der Waals surface area contributed by atoms with Gasteiger partial charge in [0.1, 0.15) is 11.4 Å². The standard InChI is InChI=1S/C19H18N4O13S3/c1-35-15-7-6-13(37(27,28)9-8-36-39(32,33)34)10-14(15)20-21-16-17(19(25)26)22-23(18(16)24)11-2-4-12(5-3-11)38(29,30)31/h2-7,10,16H,8-9H2,1H3,(H,25,26)(H,29,30,31)(H,32,33,34). The Labute approximate surface area is 221 Å². The SMILES string of the molecule is COc1ccc(S(=O)(=O)CCOS(=O)(=O)O)cc1N=NC1C(=O)N(c2ccc(S(=O)(=O)O)cc2)N=C1C(=O)O. The number of anilines is 1. The predicted molar refractivity (Wildman–Crippen MR) is 130 cm³/mol. The lowest BCUT2D eigenvalue weighted by Crippen LogP contribution is -2.33. The lowest BCUT2D eigenvalue weighted by molar-refractivity contribution is -0.130. The maximum absolute atomic E-state index is 12.9. The molecule has 0 spiro atoms. The number of benzene rings is 2. The number of carboxylic acids is 1. The molecule has 1 amide bonds. The van der Waals surface area contributed by atoms with E-state index in [1.54, 1.807) is 0 Å². The number of rotatable bonds is 11. The third-order valence-electron chi connectivity index (χ3n) is 4.88. The summed E-state index contributed by atoms with van der Waals surface area (Å²) in [5, 5.41) is 21.3. The fourth-order valence-electron chi connectivity index (χ4n) is 3.08. The average Bonchev–Trinajstić information content (AvgIpc) is 3.17. The largest absolute Gasteiger partial charge is 0.494 e. The van der Waals surface area contributed by atoms with Crippen molar-refractivity contribution in [2.75, 3.05) is 24.5 Å². The van der Waals surface area contributed by atoms with Crippen LogP contribution in [0, 0.1) is 0 Å². The highest BCUT2D eigenvalue weighted by molar-refractivity contribution is 7.91. The van der Waals surface area contributed by atoms with E-state index >= 15 is 0 Å². The van der Waals surface area contributed by atoms with E-state index in [1.807, 2.05) is 0 Å². The Morgan fingerprint density at radius 1 is 1.03 bits per heavy atom. The quantitative estimate of drug-likeness (QED) is 0.232. The van der Waals surface area contributed by atoms with Gasteiger partial charge in [-0.3, -0.25) is 13.9 Å². The molecule has 17 nitrogen and oxygen atoms in total. The van der Waals surface area contributed by atoms with Gasteiger partial charge in [0.15, 0.2) is 15.5 Å². The molecule has 0 aromatic heterocycles. The first-order chi connectivity index (χ1) is 18.0. The van der Waals surface area contributed by atoms with E-state index in [0.29, 0.717) is 5.01 Å². The molecule has 1 heterocycles. The molecule has 1 atom stereocenters. The summed E-state index contributed by atoms with van der Waals surface area (Å²) in [5.41, 5.74) is -1.06. The van der Waals surface area contributed by atoms with Crippen molar-refractivity contribution < 1.29 is 58.0 Å². The molecule has 2 aromatic rings. The number of hydrogen-bond acceptors (Lipinski definition) is 13. The molecule has 1 aliphatic rings. The first-order valence-corrected chi connectivity index (χ1v) is 14.7. The number of azo groups is 1. The second-order valence-corrected chi connectivity index (χ2v) is 12.1. The normalized spacial score (nSPS) is 16.5. The molecule has 3 rings (SSSR count). The van der Waals surface area contributed by atoms with E-state index in [0.717, 1.165) is 36.4 Å². The average molecular weight is 607 g/mol. The van der Waals surface area contributed by atoms with Gasteiger partial charge in [0.2, 0.25) is 6.04 Å². The Hall–Kier alpha value is -3.82. The van der Waals surface area contributed by atoms with Crippen molar-refractivity contribution in [3.05, 3.63) is 42.5 Å². The van der Waals surface area contributed by atoms with Crippen molar-refractivity contribution in [1.29, 1.82) is 0 Å². The monoisotopic (exact) mass is 606 g/mol. The van der Waals surface area contributed by atoms with Crippen LogP contribution in [0.15, 0.2) is 67.6 Å². The zero-order chi connectivity index (χ0) is 29.2. The van der Waals surface area contributed by atoms with Gasteiger partial charge in [-0.05, 0) is 42.5 Å². The number of amides is 1. The van der Waals surface area contributed by atoms with Crippen LogP contribution in [0.1, 0.15) is 0 Å². The molecule has 39 heavy (non-hydrogen) atoms. The molecule has 0 saturated carbocycles. The summed E-state index contributed by atoms with van der Waals surface area (Å²) in [6.07, 6.45) is 0. The van der Waals surface area contributed by atoms with Gasteiger partial charge in [-0.1, -0.05) is 0 Å². The highest BCUT2D eigenvalue weighted by Crippen LogP contribution is 2.32. The van der Waals surface area contributed by atoms with Crippen molar-refractivity contribution in [3.8, 4) is 5.75 Å². The smallest absolute Gasteiger partial charge is 0.397 e. The Bertz CT molecular complexity index is 1680. The number of hydrazone groups is 1. The Balaban J connectivity index is 1.91. The van der Waals surface area contributed by atoms with E-state index in [1.165, 1.54) is 13.2 Å². The highest BCUT2D eigenvalue weighted by atomic mass is 32.3. The van der Waals surface area contributed by atoms with Gasteiger partial charge in [0.05, 0.1) is 34.9 Å². The molecule has 2 aromatic carbocycles. The van der Waals surface area contributed by atoms with Crippen LogP contribution in [-0.2, 0) is 44.1 Å². The van der Waals surface area contributed by atoms with Crippen LogP contribution in [0.5, 0.6) is 5.75 Å². The number of ether oxygens (including phenoxy) is 1. The van der Waals surface area contributed by atoms with Gasteiger partial charge >= 0.3 is 16.4 Å². The summed E-state index contributed by atoms with van der Waals surface area (Å²) in [6.45, 7) is -0.889. The molecule has 210 valence electrons. The molecular weight excluding hydrogens is 588 g/mol. The van der Waals surface area contributed by atoms with Crippen LogP contribution in [-0.4, -0.2) is 82.6 Å². The third kappa shape index (κ3) is 7.19. The van der Waals surface area contributed by atoms with Crippen molar-refractivity contribution in [3.63, 3.8) is 0 Å². The Kier molecular flexibility index (Phi) is 8.47. The van der Waals surface area contributed by atoms with Gasteiger partial charge in [-0.25, -0.2) is 17.4 Å². The van der Waals surface area contributed by atoms with Crippen LogP contribution >= 0.6 is 0 Å². The van der Waals surface area contributed by atoms with Crippen molar-refractivity contribution in [1.82, 2.24) is 0 Å². The molecule has 1 aliphatic heterocycles. The number of nitrogens with zero attached hydrogens (tertiary/aromatic N) is 4. The van der Waals surface area contributed by atoms with Crippen molar-refractivity contribution in [2.45, 2.75) is 15.8 Å². The van der Waals surface area contributed by atoms with Gasteiger partial charge < -0.3 is 9.84 Å². The van der Waals surface area contributed by atoms with Crippen LogP contribution in [0.3, 0.4) is 0 Å². The Morgan fingerprint density at radius 2 is 1.64 bits per heavy atom. The maximum atomic E-state index is 12.9. The number of carbonyl (C=O) groups is 2. The summed E-state index contributed by atoms with van der Waals surface area (Å²) >= 11 is 0. The molecule has 0 aliphatic carbocycles. The number of hydrogen-bond donors (Lipinski definition) is 3. The lowest BCUT2D eigenvalue weighted by atomic mass is 10.2. The molecule has 20 heteroatoms. The minimum Gasteiger partial charge on any atom is -0.494 e. The van der Waals surface area contributed by atoms with Crippen LogP contribution in [0.2, 0.25) is 0 Å². The maximum Gasteiger partial charge on any atom is 0.397 e. The number of aliphatic carboxylic acids is 1. The van der Waals surface area contributed by atoms with Crippen molar-refractivity contribution in [2.24, 2.45) is 15.3 Å². The summed E-state index contributed by atoms with van der Waals surface area (Å²) < 4.78 is 95.6. The molecular formula is C19H18N4O13S3. The minimum absolute atomic E-state index is 0.0243. The summed E-state index contributed by atoms with van der Waals surface area (Å²) in [5.74, 6) is -3.51. The lowest BCUT2D eigenvalue weighted by Gasteiger charge is -2.12. The number of methoxy groups -OCH3 is 1. The molecule has 3 N–H and O–H groups in total. The predicted octanol–water partition coefficient (Wildman–Crippen LogP) is 0.475. The summed E-state index contributed by atoms with van der Waals surface area (Å²) in [4.78, 5) is 23.8. The summed E-state index contributed by atoms with van der Waals surface area (Å²) in [6, 6.07) is 5.55. The van der Waals surface area contributed by atoms with Gasteiger partial charge in [0, 0.05) is 0 Å². The van der Waals surface area contributed by atoms with Gasteiger partial charge in [-0.2, -0.15) is 37.2 Å². The zero-order valence-corrected chi connectivity index (χ0v) is 21.9. The minimum atomic E-state index is -4.87. The molecule has 0 radical (unpaired) electrons. The van der Waals surface area contributed by atoms with Crippen LogP contribution in [0.25, 0.3) is 0 Å². The molecule has 0 bridgehead atoms. The Morgan fingerprint density at radius 3 is 2.18 bits per heavy atom. The number of carbonyl (C=O) groups excluding carboxylic acids is 1. The topological polar surface area (TPSA) is 256 Å². The molecule has 1 unspecified atom stereocenters. The fourth-order valence-corrected chi connectivity index (χ4v) is 5.07. The highest BCUT2D eigenvalue weighted by Gasteiger charge is 2.41. The zero-order valence-electron chi connectivity index (χ0n) is 19.5. The second kappa shape index (κ2) is 11.1. The molecule has 0 fully saturated rings. The van der Waals surface area contributed by atoms with Crippen LogP contribution in [0.4, 0.5) is 11.4 Å². The van der Waals surface area contributed by atoms with E-state index in [2.05, 4.69) is 19.5 Å². The fraction of sp³-hybridized carbons (Fsp3) is 0.211. The van der Waals surface area contributed by atoms with E-state index < -0.39 is 71.2 Å². The first-order valence-electron chi connectivity index (χ1n) is 10.2. The first kappa shape index (κ1) is 29.7. The van der Waals surface area contributed by atoms with E-state index in [9.17, 15) is 39.9 Å². The molecule has 0 saturated heterocycles. The van der Waals surface area contributed by atoms with Crippen LogP contribution < -0.4 is 9.75 Å². The third-order valence-corrected chi connectivity index (χ3v) is 7.89. The van der Waals surface area contributed by atoms with Crippen molar-refractivity contribution >= 4 is 59.3 Å². The van der Waals surface area contributed by atoms with Gasteiger partial charge in [-0.15, -0.1) is 0 Å². The van der Waals surface area contributed by atoms with E-state index in [-0.39, 0.29) is 22.0 Å². The summed E-state index contributed by atoms with van der Waals surface area (Å²) in [7, 11) is -12.4. The van der Waals surface area contributed by atoms with Gasteiger partial charge in [0.25, 0.3) is 16.0 Å². The number of sulfone groups is 1. The van der Waals surface area contributed by atoms with E-state index in [4.69, 9.17) is 13.8 Å². The second-order valence-electron chi connectivity index (χ2n) is 7.43. The number of carboxylic acid groups (broad SMARTS) is 1.